The SMILES string of the molecule is Cc1cc(C(=O)N(C)C(C)CN)c(C)n1-c1ccccc1. The number of nitrogens with zero attached hydrogens (tertiary/aromatic N) is 2. The summed E-state index contributed by atoms with van der Waals surface area (Å²) in [6.07, 6.45) is 0. The van der Waals surface area contributed by atoms with E-state index in [0.29, 0.717) is 6.54 Å². The van der Waals surface area contributed by atoms with Crippen LogP contribution in [0.3, 0.4) is 0 Å². The molecule has 1 amide bonds. The van der Waals surface area contributed by atoms with Crippen molar-refractivity contribution in [1.29, 1.82) is 0 Å². The minimum atomic E-state index is 0.0169. The first-order chi connectivity index (χ1) is 9.97. The number of hydrogen-bond acceptors (Lipinski definition) is 2. The number of nitrogens with two attached hydrogens (primary N) is 1. The van der Waals surface area contributed by atoms with Gasteiger partial charge < -0.3 is 15.2 Å². The molecule has 0 spiro atoms. The zero-order valence-corrected chi connectivity index (χ0v) is 13.1. The number of aryl methyl sites for hydroxylation is 1. The van der Waals surface area contributed by atoms with Crippen LogP contribution in [-0.2, 0) is 0 Å². The van der Waals surface area contributed by atoms with Crippen molar-refractivity contribution >= 4 is 5.91 Å². The van der Waals surface area contributed by atoms with Gasteiger partial charge in [-0.3, -0.25) is 4.79 Å². The summed E-state index contributed by atoms with van der Waals surface area (Å²) in [5, 5.41) is 0. The Kier molecular flexibility index (Phi) is 4.48. The maximum Gasteiger partial charge on any atom is 0.255 e. The molecule has 1 aromatic heterocycles. The number of para-hydroxylation sites is 1. The van der Waals surface area contributed by atoms with Crippen molar-refractivity contribution in [2.24, 2.45) is 5.73 Å². The quantitative estimate of drug-likeness (QED) is 0.938. The molecule has 0 aliphatic carbocycles. The van der Waals surface area contributed by atoms with Crippen LogP contribution in [0.25, 0.3) is 5.69 Å². The van der Waals surface area contributed by atoms with E-state index in [4.69, 9.17) is 5.73 Å². The van der Waals surface area contributed by atoms with Gasteiger partial charge in [0, 0.05) is 36.7 Å². The van der Waals surface area contributed by atoms with E-state index in [-0.39, 0.29) is 11.9 Å². The lowest BCUT2D eigenvalue weighted by atomic mass is 10.2. The van der Waals surface area contributed by atoms with Gasteiger partial charge in [0.15, 0.2) is 0 Å². The molecule has 0 radical (unpaired) electrons. The summed E-state index contributed by atoms with van der Waals surface area (Å²) in [5.41, 5.74) is 9.47. The molecule has 1 unspecified atom stereocenters. The molecule has 1 atom stereocenters. The third-order valence-electron chi connectivity index (χ3n) is 4.00. The van der Waals surface area contributed by atoms with Crippen LogP contribution in [0.1, 0.15) is 28.7 Å². The maximum atomic E-state index is 12.6. The zero-order chi connectivity index (χ0) is 15.6. The topological polar surface area (TPSA) is 51.3 Å². The Morgan fingerprint density at radius 3 is 2.48 bits per heavy atom. The molecule has 1 aromatic carbocycles. The van der Waals surface area contributed by atoms with Gasteiger partial charge in [-0.05, 0) is 39.0 Å². The van der Waals surface area contributed by atoms with Crippen molar-refractivity contribution in [3.8, 4) is 5.69 Å². The molecule has 1 heterocycles. The molecule has 0 saturated carbocycles. The van der Waals surface area contributed by atoms with E-state index in [0.717, 1.165) is 22.6 Å². The van der Waals surface area contributed by atoms with Crippen LogP contribution >= 0.6 is 0 Å². The Balaban J connectivity index is 2.43. The van der Waals surface area contributed by atoms with Gasteiger partial charge in [-0.15, -0.1) is 0 Å². The average molecular weight is 285 g/mol. The molecule has 4 nitrogen and oxygen atoms in total. The minimum Gasteiger partial charge on any atom is -0.338 e. The smallest absolute Gasteiger partial charge is 0.255 e. The highest BCUT2D eigenvalue weighted by atomic mass is 16.2. The number of hydrogen-bond donors (Lipinski definition) is 1. The molecule has 4 heteroatoms. The van der Waals surface area contributed by atoms with Crippen LogP contribution in [0.4, 0.5) is 0 Å². The molecule has 0 bridgehead atoms. The number of amides is 1. The first kappa shape index (κ1) is 15.3. The maximum absolute atomic E-state index is 12.6. The van der Waals surface area contributed by atoms with Crippen molar-refractivity contribution < 1.29 is 4.79 Å². The third kappa shape index (κ3) is 2.85. The summed E-state index contributed by atoms with van der Waals surface area (Å²) in [5.74, 6) is 0.0169. The molecule has 2 aromatic rings. The van der Waals surface area contributed by atoms with Crippen molar-refractivity contribution in [2.75, 3.05) is 13.6 Å². The summed E-state index contributed by atoms with van der Waals surface area (Å²) in [6.45, 7) is 6.41. The molecule has 0 saturated heterocycles. The summed E-state index contributed by atoms with van der Waals surface area (Å²) in [6, 6.07) is 12.0. The molecule has 112 valence electrons. The summed E-state index contributed by atoms with van der Waals surface area (Å²) in [4.78, 5) is 14.3. The summed E-state index contributed by atoms with van der Waals surface area (Å²) < 4.78 is 2.11. The van der Waals surface area contributed by atoms with E-state index in [2.05, 4.69) is 4.57 Å². The number of carbonyl (C=O) groups is 1. The summed E-state index contributed by atoms with van der Waals surface area (Å²) >= 11 is 0. The fourth-order valence-corrected chi connectivity index (χ4v) is 2.50. The lowest BCUT2D eigenvalue weighted by Crippen LogP contribution is -2.39. The van der Waals surface area contributed by atoms with Crippen LogP contribution in [0.2, 0.25) is 0 Å². The number of benzene rings is 1. The zero-order valence-electron chi connectivity index (χ0n) is 13.1. The van der Waals surface area contributed by atoms with E-state index >= 15 is 0 Å². The van der Waals surface area contributed by atoms with Gasteiger partial charge >= 0.3 is 0 Å². The van der Waals surface area contributed by atoms with Gasteiger partial charge in [-0.2, -0.15) is 0 Å². The summed E-state index contributed by atoms with van der Waals surface area (Å²) in [7, 11) is 1.80. The van der Waals surface area contributed by atoms with Gasteiger partial charge in [-0.1, -0.05) is 18.2 Å². The Hall–Kier alpha value is -2.07. The highest BCUT2D eigenvalue weighted by Crippen LogP contribution is 2.22. The first-order valence-corrected chi connectivity index (χ1v) is 7.19. The number of likely N-dealkylation sites (N-methyl/N-ethyl adjacent to an activating group) is 1. The van der Waals surface area contributed by atoms with E-state index in [1.807, 2.05) is 57.2 Å². The van der Waals surface area contributed by atoms with E-state index in [1.165, 1.54) is 0 Å². The predicted molar refractivity (Wildman–Crippen MR) is 85.9 cm³/mol. The second kappa shape index (κ2) is 6.14. The minimum absolute atomic E-state index is 0.0169. The fraction of sp³-hybridized carbons (Fsp3) is 0.353. The highest BCUT2D eigenvalue weighted by molar-refractivity contribution is 5.96. The Labute approximate surface area is 126 Å². The van der Waals surface area contributed by atoms with Crippen molar-refractivity contribution in [3.63, 3.8) is 0 Å². The van der Waals surface area contributed by atoms with E-state index in [9.17, 15) is 4.79 Å². The lowest BCUT2D eigenvalue weighted by Gasteiger charge is -2.23. The normalized spacial score (nSPS) is 12.2. The van der Waals surface area contributed by atoms with E-state index < -0.39 is 0 Å². The van der Waals surface area contributed by atoms with Crippen molar-refractivity contribution in [2.45, 2.75) is 26.8 Å². The Morgan fingerprint density at radius 1 is 1.29 bits per heavy atom. The van der Waals surface area contributed by atoms with Gasteiger partial charge in [0.05, 0.1) is 5.56 Å². The largest absolute Gasteiger partial charge is 0.338 e. The van der Waals surface area contributed by atoms with Gasteiger partial charge in [0.25, 0.3) is 5.91 Å². The molecule has 2 rings (SSSR count). The molecule has 0 aliphatic rings. The van der Waals surface area contributed by atoms with Gasteiger partial charge in [0.1, 0.15) is 0 Å². The molecular formula is C17H23N3O. The number of carbonyl (C=O) groups excluding carboxylic acids is 1. The van der Waals surface area contributed by atoms with Crippen LogP contribution in [0.15, 0.2) is 36.4 Å². The number of rotatable bonds is 4. The van der Waals surface area contributed by atoms with Crippen molar-refractivity contribution in [3.05, 3.63) is 53.3 Å². The molecule has 0 fully saturated rings. The molecule has 0 aliphatic heterocycles. The third-order valence-corrected chi connectivity index (χ3v) is 4.00. The van der Waals surface area contributed by atoms with Crippen LogP contribution < -0.4 is 5.73 Å². The lowest BCUT2D eigenvalue weighted by molar-refractivity contribution is 0.0747. The Bertz CT molecular complexity index is 631. The van der Waals surface area contributed by atoms with Crippen LogP contribution in [0.5, 0.6) is 0 Å². The first-order valence-electron chi connectivity index (χ1n) is 7.19. The Morgan fingerprint density at radius 2 is 1.90 bits per heavy atom. The van der Waals surface area contributed by atoms with Crippen LogP contribution in [-0.4, -0.2) is 35.0 Å². The van der Waals surface area contributed by atoms with Gasteiger partial charge in [0.2, 0.25) is 0 Å². The predicted octanol–water partition coefficient (Wildman–Crippen LogP) is 2.51. The van der Waals surface area contributed by atoms with E-state index in [1.54, 1.807) is 11.9 Å². The highest BCUT2D eigenvalue weighted by Gasteiger charge is 2.22. The molecule has 21 heavy (non-hydrogen) atoms. The van der Waals surface area contributed by atoms with Gasteiger partial charge in [-0.25, -0.2) is 0 Å². The van der Waals surface area contributed by atoms with Crippen LogP contribution in [0, 0.1) is 13.8 Å². The second-order valence-corrected chi connectivity index (χ2v) is 5.46. The molecule has 2 N–H and O–H groups in total. The molecular weight excluding hydrogens is 262 g/mol. The second-order valence-electron chi connectivity index (χ2n) is 5.46. The van der Waals surface area contributed by atoms with Crippen molar-refractivity contribution in [1.82, 2.24) is 9.47 Å². The standard InChI is InChI=1S/C17H23N3O/c1-12-10-16(17(21)19(4)13(2)11-18)14(3)20(12)15-8-6-5-7-9-15/h5-10,13H,11,18H2,1-4H3. The average Bonchev–Trinajstić information content (AvgIpc) is 2.80. The monoisotopic (exact) mass is 285 g/mol. The number of aromatic nitrogens is 1. The fourth-order valence-electron chi connectivity index (χ4n) is 2.50.